The highest BCUT2D eigenvalue weighted by Crippen LogP contribution is 2.34. The molecule has 1 aliphatic carbocycles. The van der Waals surface area contributed by atoms with Gasteiger partial charge >= 0.3 is 0 Å². The molecule has 2 aromatic carbocycles. The van der Waals surface area contributed by atoms with Gasteiger partial charge in [-0.15, -0.1) is 0 Å². The third-order valence-electron chi connectivity index (χ3n) is 6.50. The van der Waals surface area contributed by atoms with Crippen LogP contribution in [0.4, 0.5) is 11.6 Å². The molecule has 4 aromatic rings. The van der Waals surface area contributed by atoms with Crippen LogP contribution in [-0.4, -0.2) is 20.6 Å². The molecule has 2 aromatic heterocycles. The lowest BCUT2D eigenvalue weighted by molar-refractivity contribution is 0.152. The van der Waals surface area contributed by atoms with Crippen molar-refractivity contribution in [1.29, 1.82) is 10.5 Å². The average molecular weight is 475 g/mol. The first-order chi connectivity index (χ1) is 17.5. The van der Waals surface area contributed by atoms with Gasteiger partial charge < -0.3 is 14.6 Å². The van der Waals surface area contributed by atoms with Crippen LogP contribution in [0.3, 0.4) is 0 Å². The van der Waals surface area contributed by atoms with Gasteiger partial charge in [-0.25, -0.2) is 4.98 Å². The van der Waals surface area contributed by atoms with Crippen LogP contribution in [0.15, 0.2) is 78.5 Å². The standard InChI is InChI=1S/C29H26N6O/c1-19-14-23(17-31)15-20(2)27(19)36-28-26-25(12-13-35(26)18-22-6-4-3-5-7-22)33-29(34-28)32-24-10-8-21(16-30)9-11-24/h3-14,20,23,27H,15,18H2,1-2H3,(H,32,33,34). The molecule has 3 atom stereocenters. The van der Waals surface area contributed by atoms with Crippen molar-refractivity contribution < 1.29 is 4.74 Å². The number of nitriles is 2. The summed E-state index contributed by atoms with van der Waals surface area (Å²) in [4.78, 5) is 9.54. The Morgan fingerprint density at radius 3 is 2.53 bits per heavy atom. The number of nitrogens with one attached hydrogen (secondary N) is 1. The zero-order valence-electron chi connectivity index (χ0n) is 20.2. The van der Waals surface area contributed by atoms with Gasteiger partial charge in [-0.2, -0.15) is 15.5 Å². The third kappa shape index (κ3) is 4.78. The highest BCUT2D eigenvalue weighted by molar-refractivity contribution is 5.82. The number of allylic oxidation sites excluding steroid dienone is 1. The average Bonchev–Trinajstić information content (AvgIpc) is 3.29. The van der Waals surface area contributed by atoms with Gasteiger partial charge in [0, 0.05) is 18.4 Å². The summed E-state index contributed by atoms with van der Waals surface area (Å²) in [5.74, 6) is 0.981. The number of fused-ring (bicyclic) bond motifs is 1. The Balaban J connectivity index is 1.55. The van der Waals surface area contributed by atoms with Gasteiger partial charge in [-0.3, -0.25) is 0 Å². The Morgan fingerprint density at radius 2 is 1.83 bits per heavy atom. The molecule has 3 unspecified atom stereocenters. The molecule has 0 saturated carbocycles. The van der Waals surface area contributed by atoms with Crippen molar-refractivity contribution in [3.63, 3.8) is 0 Å². The van der Waals surface area contributed by atoms with Crippen LogP contribution in [0.5, 0.6) is 5.88 Å². The lowest BCUT2D eigenvalue weighted by atomic mass is 9.82. The third-order valence-corrected chi connectivity index (χ3v) is 6.50. The summed E-state index contributed by atoms with van der Waals surface area (Å²) in [5, 5.41) is 21.7. The van der Waals surface area contributed by atoms with E-state index >= 15 is 0 Å². The van der Waals surface area contributed by atoms with Gasteiger partial charge in [0.05, 0.1) is 29.1 Å². The summed E-state index contributed by atoms with van der Waals surface area (Å²) >= 11 is 0. The maximum Gasteiger partial charge on any atom is 0.244 e. The van der Waals surface area contributed by atoms with Crippen molar-refractivity contribution in [1.82, 2.24) is 14.5 Å². The molecule has 5 rings (SSSR count). The van der Waals surface area contributed by atoms with Crippen LogP contribution in [0.2, 0.25) is 0 Å². The molecule has 0 spiro atoms. The zero-order chi connectivity index (χ0) is 25.1. The molecule has 0 radical (unpaired) electrons. The Labute approximate surface area is 210 Å². The molecule has 0 saturated heterocycles. The van der Waals surface area contributed by atoms with Crippen molar-refractivity contribution in [2.45, 2.75) is 32.9 Å². The van der Waals surface area contributed by atoms with E-state index in [1.165, 1.54) is 5.56 Å². The maximum atomic E-state index is 9.42. The molecule has 2 heterocycles. The monoisotopic (exact) mass is 474 g/mol. The minimum Gasteiger partial charge on any atom is -0.468 e. The number of nitrogens with zero attached hydrogens (tertiary/aromatic N) is 5. The smallest absolute Gasteiger partial charge is 0.244 e. The minimum absolute atomic E-state index is 0.0965. The summed E-state index contributed by atoms with van der Waals surface area (Å²) in [7, 11) is 0. The van der Waals surface area contributed by atoms with Crippen LogP contribution in [0.1, 0.15) is 31.4 Å². The number of benzene rings is 2. The molecule has 0 aliphatic heterocycles. The second-order valence-electron chi connectivity index (χ2n) is 9.23. The summed E-state index contributed by atoms with van der Waals surface area (Å²) in [6.07, 6.45) is 4.56. The van der Waals surface area contributed by atoms with E-state index in [4.69, 9.17) is 20.0 Å². The summed E-state index contributed by atoms with van der Waals surface area (Å²) in [6.45, 7) is 4.79. The maximum absolute atomic E-state index is 9.42. The number of rotatable bonds is 6. The molecule has 0 bridgehead atoms. The quantitative estimate of drug-likeness (QED) is 0.346. The second kappa shape index (κ2) is 9.93. The largest absolute Gasteiger partial charge is 0.468 e. The van der Waals surface area contributed by atoms with E-state index in [0.29, 0.717) is 23.9 Å². The molecule has 0 fully saturated rings. The fraction of sp³-hybridized carbons (Fsp3) is 0.241. The van der Waals surface area contributed by atoms with Crippen molar-refractivity contribution in [2.24, 2.45) is 11.8 Å². The lowest BCUT2D eigenvalue weighted by Gasteiger charge is -2.31. The molecule has 0 amide bonds. The fourth-order valence-corrected chi connectivity index (χ4v) is 4.75. The van der Waals surface area contributed by atoms with Crippen molar-refractivity contribution >= 4 is 22.7 Å². The topological polar surface area (TPSA) is 99.5 Å². The van der Waals surface area contributed by atoms with Crippen molar-refractivity contribution in [3.8, 4) is 18.0 Å². The van der Waals surface area contributed by atoms with Gasteiger partial charge in [-0.05, 0) is 60.7 Å². The molecule has 1 aliphatic rings. The van der Waals surface area contributed by atoms with E-state index in [0.717, 1.165) is 28.7 Å². The van der Waals surface area contributed by atoms with E-state index < -0.39 is 0 Å². The molecule has 7 nitrogen and oxygen atoms in total. The first-order valence-corrected chi connectivity index (χ1v) is 12.0. The Bertz CT molecular complexity index is 1490. The fourth-order valence-electron chi connectivity index (χ4n) is 4.75. The number of ether oxygens (including phenoxy) is 1. The molecule has 7 heteroatoms. The highest BCUT2D eigenvalue weighted by Gasteiger charge is 2.30. The van der Waals surface area contributed by atoms with Crippen molar-refractivity contribution in [3.05, 3.63) is 89.6 Å². The Kier molecular flexibility index (Phi) is 6.38. The van der Waals surface area contributed by atoms with Gasteiger partial charge in [0.2, 0.25) is 11.8 Å². The summed E-state index contributed by atoms with van der Waals surface area (Å²) < 4.78 is 8.71. The number of hydrogen-bond acceptors (Lipinski definition) is 6. The first kappa shape index (κ1) is 23.1. The van der Waals surface area contributed by atoms with Crippen molar-refractivity contribution in [2.75, 3.05) is 5.32 Å². The lowest BCUT2D eigenvalue weighted by Crippen LogP contribution is -2.32. The summed E-state index contributed by atoms with van der Waals surface area (Å²) in [5.41, 5.74) is 5.17. The van der Waals surface area contributed by atoms with E-state index in [9.17, 15) is 5.26 Å². The molecule has 36 heavy (non-hydrogen) atoms. The SMILES string of the molecule is CC1=CC(C#N)CC(C)C1Oc1nc(Nc2ccc(C#N)cc2)nc2ccn(Cc3ccccc3)c12. The zero-order valence-corrected chi connectivity index (χ0v) is 20.2. The molecular weight excluding hydrogens is 448 g/mol. The number of anilines is 2. The summed E-state index contributed by atoms with van der Waals surface area (Å²) in [6, 6.07) is 23.8. The van der Waals surface area contributed by atoms with Gasteiger partial charge in [0.15, 0.2) is 0 Å². The normalized spacial score (nSPS) is 19.2. The van der Waals surface area contributed by atoms with E-state index in [-0.39, 0.29) is 17.9 Å². The predicted octanol–water partition coefficient (Wildman–Crippen LogP) is 5.97. The van der Waals surface area contributed by atoms with Crippen LogP contribution >= 0.6 is 0 Å². The Morgan fingerprint density at radius 1 is 1.06 bits per heavy atom. The predicted molar refractivity (Wildman–Crippen MR) is 139 cm³/mol. The molecular formula is C29H26N6O. The Hall–Kier alpha value is -4.62. The number of hydrogen-bond donors (Lipinski definition) is 1. The van der Waals surface area contributed by atoms with E-state index in [1.807, 2.05) is 55.6 Å². The molecule has 178 valence electrons. The minimum atomic E-state index is -0.185. The van der Waals surface area contributed by atoms with Crippen LogP contribution in [-0.2, 0) is 6.54 Å². The van der Waals surface area contributed by atoms with Crippen LogP contribution in [0, 0.1) is 34.5 Å². The van der Waals surface area contributed by atoms with Gasteiger partial charge in [0.1, 0.15) is 11.6 Å². The van der Waals surface area contributed by atoms with E-state index in [2.05, 4.69) is 41.1 Å². The van der Waals surface area contributed by atoms with Gasteiger partial charge in [0.25, 0.3) is 0 Å². The molecule has 1 N–H and O–H groups in total. The highest BCUT2D eigenvalue weighted by atomic mass is 16.5. The van der Waals surface area contributed by atoms with E-state index in [1.54, 1.807) is 12.1 Å². The number of aromatic nitrogens is 3. The first-order valence-electron chi connectivity index (χ1n) is 12.0. The van der Waals surface area contributed by atoms with Gasteiger partial charge in [-0.1, -0.05) is 43.3 Å². The van der Waals surface area contributed by atoms with Crippen LogP contribution in [0.25, 0.3) is 11.0 Å². The second-order valence-corrected chi connectivity index (χ2v) is 9.23. The van der Waals surface area contributed by atoms with Crippen LogP contribution < -0.4 is 10.1 Å².